The first kappa shape index (κ1) is 20.6. The molecule has 0 atom stereocenters. The molecule has 0 radical (unpaired) electrons. The third kappa shape index (κ3) is 5.64. The van der Waals surface area contributed by atoms with Crippen LogP contribution in [0.3, 0.4) is 0 Å². The Bertz CT molecular complexity index is 781. The second-order valence-corrected chi connectivity index (χ2v) is 7.49. The van der Waals surface area contributed by atoms with E-state index in [0.29, 0.717) is 24.6 Å². The Balaban J connectivity index is 1.89. The number of nitrogens with one attached hydrogen (secondary N) is 2. The number of hydrogen-bond acceptors (Lipinski definition) is 2. The minimum atomic E-state index is -1.21. The van der Waals surface area contributed by atoms with Gasteiger partial charge in [0.25, 0.3) is 0 Å². The van der Waals surface area contributed by atoms with Gasteiger partial charge in [0.15, 0.2) is 0 Å². The maximum Gasteiger partial charge on any atom is 0.239 e. The van der Waals surface area contributed by atoms with Gasteiger partial charge in [-0.1, -0.05) is 38.1 Å². The summed E-state index contributed by atoms with van der Waals surface area (Å²) in [4.78, 5) is 25.0. The Kier molecular flexibility index (Phi) is 6.72. The van der Waals surface area contributed by atoms with Crippen LogP contribution in [0.4, 0.5) is 10.1 Å². The summed E-state index contributed by atoms with van der Waals surface area (Å²) in [6.07, 6.45) is 0.570. The molecule has 2 aromatic carbocycles. The fourth-order valence-electron chi connectivity index (χ4n) is 2.53. The summed E-state index contributed by atoms with van der Waals surface area (Å²) in [5.41, 5.74) is 1.56. The summed E-state index contributed by atoms with van der Waals surface area (Å²) in [7, 11) is 0. The first-order valence-electron chi connectivity index (χ1n) is 9.14. The third-order valence-electron chi connectivity index (χ3n) is 4.58. The summed E-state index contributed by atoms with van der Waals surface area (Å²) in [5.74, 6) is -0.583. The lowest BCUT2D eigenvalue weighted by Crippen LogP contribution is -2.45. The van der Waals surface area contributed by atoms with Crippen molar-refractivity contribution in [2.24, 2.45) is 5.41 Å². The zero-order valence-corrected chi connectivity index (χ0v) is 16.3. The SMILES string of the molecule is CC(C)c1ccc(NC(=O)C(C)(C)C(=O)NCCc2ccc(F)cc2)cc1. The highest BCUT2D eigenvalue weighted by Gasteiger charge is 2.35. The number of carbonyl (C=O) groups is 2. The van der Waals surface area contributed by atoms with Crippen molar-refractivity contribution < 1.29 is 14.0 Å². The Morgan fingerprint density at radius 3 is 2.11 bits per heavy atom. The van der Waals surface area contributed by atoms with E-state index >= 15 is 0 Å². The summed E-state index contributed by atoms with van der Waals surface area (Å²) in [6, 6.07) is 13.8. The molecule has 0 aliphatic carbocycles. The molecule has 0 aliphatic rings. The second-order valence-electron chi connectivity index (χ2n) is 7.49. The van der Waals surface area contributed by atoms with Crippen molar-refractivity contribution >= 4 is 17.5 Å². The van der Waals surface area contributed by atoms with Crippen molar-refractivity contribution in [1.29, 1.82) is 0 Å². The molecule has 0 fully saturated rings. The minimum absolute atomic E-state index is 0.290. The lowest BCUT2D eigenvalue weighted by molar-refractivity contribution is -0.138. The minimum Gasteiger partial charge on any atom is -0.355 e. The topological polar surface area (TPSA) is 58.2 Å². The second kappa shape index (κ2) is 8.80. The molecule has 27 heavy (non-hydrogen) atoms. The van der Waals surface area contributed by atoms with E-state index in [0.717, 1.165) is 5.56 Å². The molecule has 0 saturated carbocycles. The van der Waals surface area contributed by atoms with E-state index in [1.165, 1.54) is 17.7 Å². The molecular weight excluding hydrogens is 343 g/mol. The van der Waals surface area contributed by atoms with Crippen molar-refractivity contribution in [1.82, 2.24) is 5.32 Å². The first-order valence-corrected chi connectivity index (χ1v) is 9.14. The highest BCUT2D eigenvalue weighted by molar-refractivity contribution is 6.09. The Morgan fingerprint density at radius 1 is 0.963 bits per heavy atom. The number of anilines is 1. The molecule has 0 bridgehead atoms. The summed E-state index contributed by atoms with van der Waals surface area (Å²) in [6.45, 7) is 7.78. The van der Waals surface area contributed by atoms with Crippen LogP contribution < -0.4 is 10.6 Å². The number of benzene rings is 2. The van der Waals surface area contributed by atoms with Gasteiger partial charge in [-0.3, -0.25) is 9.59 Å². The van der Waals surface area contributed by atoms with Crippen LogP contribution in [0.2, 0.25) is 0 Å². The van der Waals surface area contributed by atoms with Crippen LogP contribution in [0, 0.1) is 11.2 Å². The summed E-state index contributed by atoms with van der Waals surface area (Å²) in [5, 5.41) is 5.59. The zero-order chi connectivity index (χ0) is 20.0. The molecule has 2 rings (SSSR count). The molecule has 5 heteroatoms. The van der Waals surface area contributed by atoms with Gasteiger partial charge in [-0.15, -0.1) is 0 Å². The molecule has 4 nitrogen and oxygen atoms in total. The molecule has 2 amide bonds. The van der Waals surface area contributed by atoms with Crippen molar-refractivity contribution in [2.75, 3.05) is 11.9 Å². The summed E-state index contributed by atoms with van der Waals surface area (Å²) >= 11 is 0. The number of carbonyl (C=O) groups excluding carboxylic acids is 2. The van der Waals surface area contributed by atoms with Crippen LogP contribution in [-0.2, 0) is 16.0 Å². The highest BCUT2D eigenvalue weighted by Crippen LogP contribution is 2.21. The van der Waals surface area contributed by atoms with E-state index in [1.54, 1.807) is 26.0 Å². The first-order chi connectivity index (χ1) is 12.7. The average Bonchev–Trinajstić information content (AvgIpc) is 2.63. The lowest BCUT2D eigenvalue weighted by Gasteiger charge is -2.23. The smallest absolute Gasteiger partial charge is 0.239 e. The van der Waals surface area contributed by atoms with Gasteiger partial charge < -0.3 is 10.6 Å². The van der Waals surface area contributed by atoms with E-state index in [-0.39, 0.29) is 17.6 Å². The quantitative estimate of drug-likeness (QED) is 0.715. The van der Waals surface area contributed by atoms with Crippen molar-refractivity contribution in [3.63, 3.8) is 0 Å². The monoisotopic (exact) mass is 370 g/mol. The maximum atomic E-state index is 12.9. The molecule has 0 saturated heterocycles. The van der Waals surface area contributed by atoms with Gasteiger partial charge in [0.2, 0.25) is 11.8 Å². The fraction of sp³-hybridized carbons (Fsp3) is 0.364. The molecular formula is C22H27FN2O2. The molecule has 0 aromatic heterocycles. The van der Waals surface area contributed by atoms with E-state index in [4.69, 9.17) is 0 Å². The molecule has 0 aliphatic heterocycles. The number of halogens is 1. The standard InChI is InChI=1S/C22H27FN2O2/c1-15(2)17-7-11-19(12-8-17)25-21(27)22(3,4)20(26)24-14-13-16-5-9-18(23)10-6-16/h5-12,15H,13-14H2,1-4H3,(H,24,26)(H,25,27). The molecule has 0 spiro atoms. The zero-order valence-electron chi connectivity index (χ0n) is 16.3. The van der Waals surface area contributed by atoms with Gasteiger partial charge in [0.05, 0.1) is 0 Å². The maximum absolute atomic E-state index is 12.9. The summed E-state index contributed by atoms with van der Waals surface area (Å²) < 4.78 is 12.9. The Morgan fingerprint density at radius 2 is 1.56 bits per heavy atom. The van der Waals surface area contributed by atoms with Gasteiger partial charge in [0, 0.05) is 12.2 Å². The fourth-order valence-corrected chi connectivity index (χ4v) is 2.53. The Hall–Kier alpha value is -2.69. The largest absolute Gasteiger partial charge is 0.355 e. The van der Waals surface area contributed by atoms with Gasteiger partial charge in [-0.2, -0.15) is 0 Å². The number of amides is 2. The van der Waals surface area contributed by atoms with Crippen LogP contribution in [-0.4, -0.2) is 18.4 Å². The van der Waals surface area contributed by atoms with E-state index < -0.39 is 5.41 Å². The van der Waals surface area contributed by atoms with Crippen LogP contribution in [0.5, 0.6) is 0 Å². The van der Waals surface area contributed by atoms with E-state index in [9.17, 15) is 14.0 Å². The Labute approximate surface area is 160 Å². The van der Waals surface area contributed by atoms with Gasteiger partial charge >= 0.3 is 0 Å². The molecule has 0 unspecified atom stereocenters. The van der Waals surface area contributed by atoms with E-state index in [1.807, 2.05) is 24.3 Å². The van der Waals surface area contributed by atoms with Crippen molar-refractivity contribution in [3.8, 4) is 0 Å². The normalized spacial score (nSPS) is 11.3. The number of hydrogen-bond donors (Lipinski definition) is 2. The van der Waals surface area contributed by atoms with Gasteiger partial charge in [0.1, 0.15) is 11.2 Å². The van der Waals surface area contributed by atoms with Crippen LogP contribution in [0.1, 0.15) is 44.7 Å². The van der Waals surface area contributed by atoms with Crippen LogP contribution in [0.25, 0.3) is 0 Å². The predicted molar refractivity (Wildman–Crippen MR) is 106 cm³/mol. The lowest BCUT2D eigenvalue weighted by atomic mass is 9.90. The number of rotatable bonds is 7. The molecule has 144 valence electrons. The molecule has 0 heterocycles. The van der Waals surface area contributed by atoms with Crippen molar-refractivity contribution in [2.45, 2.75) is 40.0 Å². The van der Waals surface area contributed by atoms with Gasteiger partial charge in [-0.25, -0.2) is 4.39 Å². The van der Waals surface area contributed by atoms with Crippen LogP contribution >= 0.6 is 0 Å². The van der Waals surface area contributed by atoms with Gasteiger partial charge in [-0.05, 0) is 61.6 Å². The molecule has 2 N–H and O–H groups in total. The third-order valence-corrected chi connectivity index (χ3v) is 4.58. The van der Waals surface area contributed by atoms with Crippen molar-refractivity contribution in [3.05, 3.63) is 65.5 Å². The van der Waals surface area contributed by atoms with Crippen LogP contribution in [0.15, 0.2) is 48.5 Å². The predicted octanol–water partition coefficient (Wildman–Crippen LogP) is 4.27. The average molecular weight is 370 g/mol. The molecule has 2 aromatic rings. The highest BCUT2D eigenvalue weighted by atomic mass is 19.1. The van der Waals surface area contributed by atoms with E-state index in [2.05, 4.69) is 24.5 Å².